The molecule has 0 radical (unpaired) electrons. The second-order valence-corrected chi connectivity index (χ2v) is 11.4. The molecule has 4 rings (SSSR count). The zero-order valence-electron chi connectivity index (χ0n) is 20.7. The van der Waals surface area contributed by atoms with Crippen molar-refractivity contribution in [3.8, 4) is 5.75 Å². The summed E-state index contributed by atoms with van der Waals surface area (Å²) in [6, 6.07) is 5.81. The van der Waals surface area contributed by atoms with Gasteiger partial charge in [0.15, 0.2) is 5.78 Å². The molecule has 0 amide bonds. The van der Waals surface area contributed by atoms with Crippen LogP contribution in [0.3, 0.4) is 0 Å². The van der Waals surface area contributed by atoms with E-state index in [1.807, 2.05) is 19.1 Å². The molecule has 3 aliphatic rings. The minimum Gasteiger partial charge on any atom is -0.507 e. The monoisotopic (exact) mass is 438 g/mol. The first-order valence-corrected chi connectivity index (χ1v) is 13.9. The van der Waals surface area contributed by atoms with Gasteiger partial charge in [-0.15, -0.1) is 0 Å². The third-order valence-corrected chi connectivity index (χ3v) is 9.62. The summed E-state index contributed by atoms with van der Waals surface area (Å²) >= 11 is 0. The van der Waals surface area contributed by atoms with Gasteiger partial charge in [0, 0.05) is 6.42 Å². The predicted octanol–water partition coefficient (Wildman–Crippen LogP) is 8.67. The Balaban J connectivity index is 1.22. The normalized spacial score (nSPS) is 33.7. The summed E-state index contributed by atoms with van der Waals surface area (Å²) in [5.41, 5.74) is 1.72. The number of Topliss-reactive ketones (excluding diaryl/α,β-unsaturated/α-hetero) is 1. The van der Waals surface area contributed by atoms with Crippen molar-refractivity contribution in [3.63, 3.8) is 0 Å². The number of phenolic OH excluding ortho intramolecular Hbond substituents is 1. The van der Waals surface area contributed by atoms with Crippen LogP contribution >= 0.6 is 0 Å². The third kappa shape index (κ3) is 5.60. The van der Waals surface area contributed by atoms with E-state index in [9.17, 15) is 9.90 Å². The van der Waals surface area contributed by atoms with E-state index in [1.54, 1.807) is 0 Å². The Hall–Kier alpha value is -1.31. The molecule has 32 heavy (non-hydrogen) atoms. The molecular formula is C30H46O2. The first kappa shape index (κ1) is 23.8. The third-order valence-electron chi connectivity index (χ3n) is 9.62. The average Bonchev–Trinajstić information content (AvgIpc) is 2.84. The Morgan fingerprint density at radius 1 is 0.781 bits per heavy atom. The maximum atomic E-state index is 11.9. The number of aromatic hydroxyl groups is 1. The molecule has 3 aliphatic carbocycles. The van der Waals surface area contributed by atoms with Gasteiger partial charge in [-0.05, 0) is 117 Å². The largest absolute Gasteiger partial charge is 0.507 e. The molecule has 3 saturated carbocycles. The summed E-state index contributed by atoms with van der Waals surface area (Å²) in [6.45, 7) is 4.19. The molecule has 3 fully saturated rings. The Bertz CT molecular complexity index is 729. The van der Waals surface area contributed by atoms with Gasteiger partial charge in [-0.1, -0.05) is 45.6 Å². The second kappa shape index (κ2) is 11.2. The lowest BCUT2D eigenvalue weighted by atomic mass is 9.64. The minimum atomic E-state index is 0.0300. The minimum absolute atomic E-state index is 0.0300. The number of carbonyl (C=O) groups excluding carboxylic acids is 1. The SMILES string of the molecule is CCCC1CCC(C2CCC(C3CCC(c4ccc(C(=O)CC)c(O)c4)CC3)CC2)CC1. The highest BCUT2D eigenvalue weighted by Gasteiger charge is 2.34. The van der Waals surface area contributed by atoms with Gasteiger partial charge in [0.05, 0.1) is 5.56 Å². The molecule has 0 atom stereocenters. The van der Waals surface area contributed by atoms with Crippen LogP contribution in [0, 0.1) is 29.6 Å². The maximum absolute atomic E-state index is 11.9. The Morgan fingerprint density at radius 3 is 1.75 bits per heavy atom. The van der Waals surface area contributed by atoms with Gasteiger partial charge in [-0.3, -0.25) is 4.79 Å². The molecule has 2 heteroatoms. The molecule has 1 aromatic rings. The first-order chi connectivity index (χ1) is 15.6. The fourth-order valence-electron chi connectivity index (χ4n) is 7.60. The molecule has 1 aromatic carbocycles. The molecule has 0 bridgehead atoms. The maximum Gasteiger partial charge on any atom is 0.166 e. The van der Waals surface area contributed by atoms with Gasteiger partial charge in [-0.25, -0.2) is 0 Å². The summed E-state index contributed by atoms with van der Waals surface area (Å²) in [5, 5.41) is 10.3. The van der Waals surface area contributed by atoms with Gasteiger partial charge in [0.1, 0.15) is 5.75 Å². The molecule has 0 aliphatic heterocycles. The van der Waals surface area contributed by atoms with Crippen LogP contribution in [0.4, 0.5) is 0 Å². The molecule has 0 spiro atoms. The van der Waals surface area contributed by atoms with Crippen molar-refractivity contribution >= 4 is 5.78 Å². The number of ketones is 1. The van der Waals surface area contributed by atoms with E-state index in [1.165, 1.54) is 95.5 Å². The lowest BCUT2D eigenvalue weighted by Crippen LogP contribution is -2.29. The van der Waals surface area contributed by atoms with Gasteiger partial charge in [0.25, 0.3) is 0 Å². The van der Waals surface area contributed by atoms with Crippen LogP contribution in [0.5, 0.6) is 5.75 Å². The van der Waals surface area contributed by atoms with Gasteiger partial charge < -0.3 is 5.11 Å². The fraction of sp³-hybridized carbons (Fsp3) is 0.767. The molecule has 1 N–H and O–H groups in total. The number of hydrogen-bond donors (Lipinski definition) is 1. The highest BCUT2D eigenvalue weighted by atomic mass is 16.3. The zero-order chi connectivity index (χ0) is 22.5. The van der Waals surface area contributed by atoms with Crippen molar-refractivity contribution in [2.45, 2.75) is 116 Å². The molecule has 2 nitrogen and oxygen atoms in total. The summed E-state index contributed by atoms with van der Waals surface area (Å²) in [4.78, 5) is 11.9. The van der Waals surface area contributed by atoms with E-state index in [4.69, 9.17) is 0 Å². The van der Waals surface area contributed by atoms with Crippen LogP contribution in [0.2, 0.25) is 0 Å². The lowest BCUT2D eigenvalue weighted by molar-refractivity contribution is 0.0985. The van der Waals surface area contributed by atoms with Crippen molar-refractivity contribution in [3.05, 3.63) is 29.3 Å². The van der Waals surface area contributed by atoms with E-state index in [2.05, 4.69) is 13.0 Å². The lowest BCUT2D eigenvalue weighted by Gasteiger charge is -2.41. The fourth-order valence-corrected chi connectivity index (χ4v) is 7.60. The number of hydrogen-bond acceptors (Lipinski definition) is 2. The van der Waals surface area contributed by atoms with Crippen LogP contribution < -0.4 is 0 Å². The molecular weight excluding hydrogens is 392 g/mol. The van der Waals surface area contributed by atoms with Crippen molar-refractivity contribution in [2.75, 3.05) is 0 Å². The quantitative estimate of drug-likeness (QED) is 0.432. The first-order valence-electron chi connectivity index (χ1n) is 13.9. The smallest absolute Gasteiger partial charge is 0.166 e. The van der Waals surface area contributed by atoms with Crippen molar-refractivity contribution in [1.82, 2.24) is 0 Å². The van der Waals surface area contributed by atoms with Crippen molar-refractivity contribution in [1.29, 1.82) is 0 Å². The number of phenols is 1. The summed E-state index contributed by atoms with van der Waals surface area (Å²) in [7, 11) is 0. The molecule has 178 valence electrons. The van der Waals surface area contributed by atoms with E-state index >= 15 is 0 Å². The van der Waals surface area contributed by atoms with E-state index in [-0.39, 0.29) is 11.5 Å². The van der Waals surface area contributed by atoms with Crippen molar-refractivity contribution < 1.29 is 9.90 Å². The highest BCUT2D eigenvalue weighted by molar-refractivity contribution is 5.98. The van der Waals surface area contributed by atoms with Crippen LogP contribution in [0.25, 0.3) is 0 Å². The molecule has 0 aromatic heterocycles. The molecule has 0 heterocycles. The van der Waals surface area contributed by atoms with Gasteiger partial charge in [-0.2, -0.15) is 0 Å². The number of rotatable bonds is 7. The highest BCUT2D eigenvalue weighted by Crippen LogP contribution is 2.47. The standard InChI is InChI=1S/C30H46O2/c1-3-5-21-6-8-22(9-7-21)23-10-12-24(13-11-23)25-14-16-26(17-15-25)27-18-19-28(29(31)4-2)30(32)20-27/h18-26,32H,3-17H2,1-2H3. The number of carbonyl (C=O) groups is 1. The zero-order valence-corrected chi connectivity index (χ0v) is 20.7. The second-order valence-electron chi connectivity index (χ2n) is 11.4. The van der Waals surface area contributed by atoms with Gasteiger partial charge in [0.2, 0.25) is 0 Å². The van der Waals surface area contributed by atoms with Crippen LogP contribution in [0.15, 0.2) is 18.2 Å². The summed E-state index contributed by atoms with van der Waals surface area (Å²) in [6.07, 6.45) is 20.4. The predicted molar refractivity (Wildman–Crippen MR) is 133 cm³/mol. The Labute approximate surface area is 196 Å². The number of benzene rings is 1. The van der Waals surface area contributed by atoms with E-state index in [0.29, 0.717) is 17.9 Å². The molecule has 0 unspecified atom stereocenters. The van der Waals surface area contributed by atoms with Gasteiger partial charge >= 0.3 is 0 Å². The van der Waals surface area contributed by atoms with Crippen molar-refractivity contribution in [2.24, 2.45) is 29.6 Å². The Morgan fingerprint density at radius 2 is 1.28 bits per heavy atom. The van der Waals surface area contributed by atoms with E-state index < -0.39 is 0 Å². The topological polar surface area (TPSA) is 37.3 Å². The Kier molecular flexibility index (Phi) is 8.35. The summed E-state index contributed by atoms with van der Waals surface area (Å²) in [5.74, 6) is 5.74. The van der Waals surface area contributed by atoms with Crippen LogP contribution in [0.1, 0.15) is 132 Å². The average molecular weight is 439 g/mol. The van der Waals surface area contributed by atoms with Crippen LogP contribution in [-0.4, -0.2) is 10.9 Å². The van der Waals surface area contributed by atoms with E-state index in [0.717, 1.165) is 29.6 Å². The summed E-state index contributed by atoms with van der Waals surface area (Å²) < 4.78 is 0. The molecule has 0 saturated heterocycles. The van der Waals surface area contributed by atoms with Crippen LogP contribution in [-0.2, 0) is 0 Å².